The Balaban J connectivity index is 2.50. The SMILES string of the molecule is CC(=O)c1ccc2c(CC(=O)O)c[nH]c2c1. The van der Waals surface area contributed by atoms with Crippen LogP contribution in [0.15, 0.2) is 24.4 Å². The number of Topliss-reactive ketones (excluding diaryl/α,β-unsaturated/α-hetero) is 1. The number of fused-ring (bicyclic) bond motifs is 1. The second kappa shape index (κ2) is 3.81. The number of aliphatic carboxylic acids is 1. The molecular weight excluding hydrogens is 206 g/mol. The van der Waals surface area contributed by atoms with E-state index >= 15 is 0 Å². The summed E-state index contributed by atoms with van der Waals surface area (Å²) in [6.45, 7) is 1.50. The van der Waals surface area contributed by atoms with Crippen molar-refractivity contribution in [1.82, 2.24) is 4.98 Å². The molecule has 0 atom stereocenters. The number of H-pyrrole nitrogens is 1. The maximum absolute atomic E-state index is 11.2. The van der Waals surface area contributed by atoms with Gasteiger partial charge in [-0.25, -0.2) is 0 Å². The topological polar surface area (TPSA) is 70.2 Å². The number of carbonyl (C=O) groups excluding carboxylic acids is 1. The fourth-order valence-electron chi connectivity index (χ4n) is 1.71. The molecule has 2 rings (SSSR count). The summed E-state index contributed by atoms with van der Waals surface area (Å²) in [5, 5.41) is 9.57. The van der Waals surface area contributed by atoms with Crippen molar-refractivity contribution in [2.75, 3.05) is 0 Å². The first-order chi connectivity index (χ1) is 7.58. The third kappa shape index (κ3) is 1.82. The molecule has 4 heteroatoms. The Labute approximate surface area is 91.9 Å². The largest absolute Gasteiger partial charge is 0.481 e. The van der Waals surface area contributed by atoms with E-state index in [-0.39, 0.29) is 12.2 Å². The van der Waals surface area contributed by atoms with Crippen molar-refractivity contribution in [1.29, 1.82) is 0 Å². The summed E-state index contributed by atoms with van der Waals surface area (Å²) in [5.41, 5.74) is 2.15. The van der Waals surface area contributed by atoms with Crippen LogP contribution in [0.25, 0.3) is 10.9 Å². The molecule has 0 radical (unpaired) electrons. The Kier molecular flexibility index (Phi) is 2.48. The predicted molar refractivity (Wildman–Crippen MR) is 59.6 cm³/mol. The summed E-state index contributed by atoms with van der Waals surface area (Å²) in [5.74, 6) is -0.868. The third-order valence-electron chi connectivity index (χ3n) is 2.52. The van der Waals surface area contributed by atoms with Crippen molar-refractivity contribution < 1.29 is 14.7 Å². The average Bonchev–Trinajstić information content (AvgIpc) is 2.60. The smallest absolute Gasteiger partial charge is 0.307 e. The quantitative estimate of drug-likeness (QED) is 0.772. The fraction of sp³-hybridized carbons (Fsp3) is 0.167. The standard InChI is InChI=1S/C12H11NO3/c1-7(14)8-2-3-10-9(5-12(15)16)6-13-11(10)4-8/h2-4,6,13H,5H2,1H3,(H,15,16). The normalized spacial score (nSPS) is 10.6. The van der Waals surface area contributed by atoms with E-state index in [1.165, 1.54) is 6.92 Å². The van der Waals surface area contributed by atoms with Gasteiger partial charge in [0.1, 0.15) is 0 Å². The second-order valence-electron chi connectivity index (χ2n) is 3.70. The molecule has 0 saturated heterocycles. The van der Waals surface area contributed by atoms with Crippen molar-refractivity contribution in [2.24, 2.45) is 0 Å². The Morgan fingerprint density at radius 3 is 2.75 bits per heavy atom. The molecule has 1 aromatic heterocycles. The number of nitrogens with one attached hydrogen (secondary N) is 1. The van der Waals surface area contributed by atoms with Crippen LogP contribution < -0.4 is 0 Å². The number of aromatic amines is 1. The summed E-state index contributed by atoms with van der Waals surface area (Å²) < 4.78 is 0. The van der Waals surface area contributed by atoms with E-state index in [4.69, 9.17) is 5.11 Å². The molecule has 0 fully saturated rings. The minimum Gasteiger partial charge on any atom is -0.481 e. The van der Waals surface area contributed by atoms with Crippen molar-refractivity contribution >= 4 is 22.7 Å². The third-order valence-corrected chi connectivity index (χ3v) is 2.52. The molecule has 0 aliphatic carbocycles. The van der Waals surface area contributed by atoms with Crippen LogP contribution in [0.5, 0.6) is 0 Å². The van der Waals surface area contributed by atoms with Gasteiger partial charge < -0.3 is 10.1 Å². The summed E-state index contributed by atoms with van der Waals surface area (Å²) in [6.07, 6.45) is 1.65. The minimum atomic E-state index is -0.864. The van der Waals surface area contributed by atoms with Gasteiger partial charge in [0.15, 0.2) is 5.78 Å². The van der Waals surface area contributed by atoms with Gasteiger partial charge in [0.2, 0.25) is 0 Å². The Morgan fingerprint density at radius 1 is 1.38 bits per heavy atom. The molecule has 0 bridgehead atoms. The summed E-state index contributed by atoms with van der Waals surface area (Å²) >= 11 is 0. The highest BCUT2D eigenvalue weighted by atomic mass is 16.4. The monoisotopic (exact) mass is 217 g/mol. The van der Waals surface area contributed by atoms with E-state index in [0.717, 1.165) is 16.5 Å². The highest BCUT2D eigenvalue weighted by Gasteiger charge is 2.08. The van der Waals surface area contributed by atoms with Crippen molar-refractivity contribution in [3.05, 3.63) is 35.5 Å². The zero-order valence-corrected chi connectivity index (χ0v) is 8.78. The zero-order valence-electron chi connectivity index (χ0n) is 8.78. The molecule has 82 valence electrons. The van der Waals surface area contributed by atoms with Gasteiger partial charge in [0.05, 0.1) is 6.42 Å². The van der Waals surface area contributed by atoms with Crippen LogP contribution in [0, 0.1) is 0 Å². The van der Waals surface area contributed by atoms with E-state index in [9.17, 15) is 9.59 Å². The molecule has 0 aliphatic rings. The Bertz CT molecular complexity index is 569. The number of carbonyl (C=O) groups is 2. The number of rotatable bonds is 3. The lowest BCUT2D eigenvalue weighted by Crippen LogP contribution is -1.98. The van der Waals surface area contributed by atoms with Gasteiger partial charge in [0, 0.05) is 22.7 Å². The van der Waals surface area contributed by atoms with Gasteiger partial charge in [-0.05, 0) is 18.6 Å². The number of hydrogen-bond donors (Lipinski definition) is 2. The molecule has 0 spiro atoms. The molecule has 0 saturated carbocycles. The molecule has 1 aromatic carbocycles. The lowest BCUT2D eigenvalue weighted by atomic mass is 10.1. The van der Waals surface area contributed by atoms with Crippen LogP contribution in [0.4, 0.5) is 0 Å². The molecule has 4 nitrogen and oxygen atoms in total. The van der Waals surface area contributed by atoms with Crippen LogP contribution in [0.2, 0.25) is 0 Å². The van der Waals surface area contributed by atoms with E-state index in [1.54, 1.807) is 24.4 Å². The van der Waals surface area contributed by atoms with Crippen molar-refractivity contribution in [2.45, 2.75) is 13.3 Å². The molecule has 1 heterocycles. The van der Waals surface area contributed by atoms with Gasteiger partial charge in [-0.1, -0.05) is 12.1 Å². The Hall–Kier alpha value is -2.10. The predicted octanol–water partition coefficient (Wildman–Crippen LogP) is 2.00. The Morgan fingerprint density at radius 2 is 2.12 bits per heavy atom. The number of ketones is 1. The van der Waals surface area contributed by atoms with Gasteiger partial charge in [-0.2, -0.15) is 0 Å². The van der Waals surface area contributed by atoms with Gasteiger partial charge in [0.25, 0.3) is 0 Å². The number of benzene rings is 1. The highest BCUT2D eigenvalue weighted by molar-refractivity contribution is 5.98. The lowest BCUT2D eigenvalue weighted by molar-refractivity contribution is -0.136. The molecule has 0 unspecified atom stereocenters. The first kappa shape index (κ1) is 10.4. The highest BCUT2D eigenvalue weighted by Crippen LogP contribution is 2.20. The first-order valence-corrected chi connectivity index (χ1v) is 4.90. The number of carboxylic acid groups (broad SMARTS) is 1. The molecule has 2 aromatic rings. The molecule has 0 amide bonds. The van der Waals surface area contributed by atoms with Gasteiger partial charge in [-0.3, -0.25) is 9.59 Å². The molecular formula is C12H11NO3. The number of hydrogen-bond acceptors (Lipinski definition) is 2. The molecule has 0 aliphatic heterocycles. The lowest BCUT2D eigenvalue weighted by Gasteiger charge is -1.97. The fourth-order valence-corrected chi connectivity index (χ4v) is 1.71. The van der Waals surface area contributed by atoms with Crippen LogP contribution in [0.1, 0.15) is 22.8 Å². The van der Waals surface area contributed by atoms with Crippen molar-refractivity contribution in [3.63, 3.8) is 0 Å². The first-order valence-electron chi connectivity index (χ1n) is 4.90. The zero-order chi connectivity index (χ0) is 11.7. The number of aromatic nitrogens is 1. The van der Waals surface area contributed by atoms with Crippen LogP contribution in [-0.2, 0) is 11.2 Å². The van der Waals surface area contributed by atoms with Crippen molar-refractivity contribution in [3.8, 4) is 0 Å². The minimum absolute atomic E-state index is 0.00344. The molecule has 16 heavy (non-hydrogen) atoms. The summed E-state index contributed by atoms with van der Waals surface area (Å²) in [6, 6.07) is 5.23. The van der Waals surface area contributed by atoms with Crippen LogP contribution in [0.3, 0.4) is 0 Å². The van der Waals surface area contributed by atoms with E-state index < -0.39 is 5.97 Å². The van der Waals surface area contributed by atoms with E-state index in [2.05, 4.69) is 4.98 Å². The van der Waals surface area contributed by atoms with Gasteiger partial charge in [-0.15, -0.1) is 0 Å². The average molecular weight is 217 g/mol. The van der Waals surface area contributed by atoms with Gasteiger partial charge >= 0.3 is 5.97 Å². The van der Waals surface area contributed by atoms with E-state index in [0.29, 0.717) is 5.56 Å². The maximum Gasteiger partial charge on any atom is 0.307 e. The summed E-state index contributed by atoms with van der Waals surface area (Å²) in [4.78, 5) is 24.8. The van der Waals surface area contributed by atoms with E-state index in [1.807, 2.05) is 0 Å². The molecule has 2 N–H and O–H groups in total. The van der Waals surface area contributed by atoms with Crippen LogP contribution >= 0.6 is 0 Å². The second-order valence-corrected chi connectivity index (χ2v) is 3.70. The van der Waals surface area contributed by atoms with Crippen LogP contribution in [-0.4, -0.2) is 21.8 Å². The summed E-state index contributed by atoms with van der Waals surface area (Å²) in [7, 11) is 0. The number of carboxylic acids is 1. The maximum atomic E-state index is 11.2.